The highest BCUT2D eigenvalue weighted by molar-refractivity contribution is 8.00. The minimum atomic E-state index is -0.341. The number of carbonyl (C=O) groups is 2. The molecule has 0 aliphatic carbocycles. The average molecular weight is 544 g/mol. The van der Waals surface area contributed by atoms with Crippen LogP contribution in [-0.4, -0.2) is 16.8 Å². The number of thiazole rings is 1. The number of aromatic nitrogens is 1. The van der Waals surface area contributed by atoms with E-state index in [0.717, 1.165) is 30.9 Å². The second kappa shape index (κ2) is 11.6. The number of rotatable bonds is 8. The van der Waals surface area contributed by atoms with Gasteiger partial charge in [-0.15, -0.1) is 11.3 Å². The van der Waals surface area contributed by atoms with E-state index in [1.165, 1.54) is 5.56 Å². The molecule has 1 heterocycles. The third kappa shape index (κ3) is 6.38. The number of hydrogen-bond donors (Lipinski definition) is 2. The number of nitrogens with zero attached hydrogens (tertiary/aromatic N) is 1. The first-order valence-electron chi connectivity index (χ1n) is 11.6. The van der Waals surface area contributed by atoms with Crippen LogP contribution in [0.2, 0.25) is 5.02 Å². The lowest BCUT2D eigenvalue weighted by Gasteiger charge is -2.11. The van der Waals surface area contributed by atoms with Crippen molar-refractivity contribution in [3.63, 3.8) is 0 Å². The second-order valence-corrected chi connectivity index (χ2v) is 10.9. The van der Waals surface area contributed by atoms with Crippen molar-refractivity contribution in [3.05, 3.63) is 124 Å². The number of anilines is 1. The maximum atomic E-state index is 13.1. The number of hydrogen-bond acceptors (Lipinski definition) is 5. The monoisotopic (exact) mass is 543 g/mol. The van der Waals surface area contributed by atoms with Crippen molar-refractivity contribution >= 4 is 62.4 Å². The van der Waals surface area contributed by atoms with Crippen LogP contribution in [0.15, 0.2) is 101 Å². The van der Waals surface area contributed by atoms with E-state index < -0.39 is 0 Å². The molecule has 0 saturated carbocycles. The van der Waals surface area contributed by atoms with Crippen molar-refractivity contribution < 1.29 is 9.59 Å². The first-order chi connectivity index (χ1) is 18.0. The lowest BCUT2D eigenvalue weighted by molar-refractivity contribution is 0.0938. The summed E-state index contributed by atoms with van der Waals surface area (Å²) in [6.45, 7) is 0.385. The maximum Gasteiger partial charge on any atom is 0.256 e. The Morgan fingerprint density at radius 1 is 0.811 bits per heavy atom. The van der Waals surface area contributed by atoms with Gasteiger partial charge in [0.2, 0.25) is 0 Å². The van der Waals surface area contributed by atoms with Gasteiger partial charge in [0.15, 0.2) is 4.34 Å². The molecule has 0 unspecified atom stereocenters. The predicted molar refractivity (Wildman–Crippen MR) is 153 cm³/mol. The molecule has 0 saturated heterocycles. The minimum absolute atomic E-state index is 0.296. The molecule has 37 heavy (non-hydrogen) atoms. The standard InChI is InChI=1S/C29H22ClN3O2S2/c30-21-12-10-20(11-13-21)18-36-29-33-25-15-14-22(16-26(25)37-29)32-28(35)24-9-5-4-8-23(24)27(34)31-17-19-6-2-1-3-7-19/h1-16H,17-18H2,(H,31,34)(H,32,35). The number of carbonyl (C=O) groups excluding carboxylic acids is 2. The van der Waals surface area contributed by atoms with Crippen LogP contribution in [0.25, 0.3) is 10.2 Å². The Balaban J connectivity index is 1.26. The molecular weight excluding hydrogens is 522 g/mol. The molecule has 0 spiro atoms. The zero-order chi connectivity index (χ0) is 25.6. The van der Waals surface area contributed by atoms with Crippen molar-refractivity contribution in [1.29, 1.82) is 0 Å². The van der Waals surface area contributed by atoms with E-state index in [2.05, 4.69) is 10.6 Å². The minimum Gasteiger partial charge on any atom is -0.348 e. The zero-order valence-electron chi connectivity index (χ0n) is 19.6. The van der Waals surface area contributed by atoms with Crippen LogP contribution in [0.1, 0.15) is 31.8 Å². The van der Waals surface area contributed by atoms with Gasteiger partial charge in [-0.2, -0.15) is 0 Å². The molecule has 8 heteroatoms. The first-order valence-corrected chi connectivity index (χ1v) is 13.7. The van der Waals surface area contributed by atoms with Crippen LogP contribution < -0.4 is 10.6 Å². The summed E-state index contributed by atoms with van der Waals surface area (Å²) in [5.41, 5.74) is 4.33. The summed E-state index contributed by atoms with van der Waals surface area (Å²) in [4.78, 5) is 30.7. The molecule has 5 aromatic rings. The molecule has 0 aliphatic heterocycles. The summed E-state index contributed by atoms with van der Waals surface area (Å²) >= 11 is 9.21. The van der Waals surface area contributed by atoms with E-state index >= 15 is 0 Å². The maximum absolute atomic E-state index is 13.1. The van der Waals surface area contributed by atoms with Crippen LogP contribution in [0.5, 0.6) is 0 Å². The molecule has 2 amide bonds. The second-order valence-electron chi connectivity index (χ2n) is 8.25. The summed E-state index contributed by atoms with van der Waals surface area (Å²) in [7, 11) is 0. The molecule has 5 nitrogen and oxygen atoms in total. The van der Waals surface area contributed by atoms with E-state index in [-0.39, 0.29) is 11.8 Å². The smallest absolute Gasteiger partial charge is 0.256 e. The Labute approximate surface area is 227 Å². The lowest BCUT2D eigenvalue weighted by atomic mass is 10.1. The SMILES string of the molecule is O=C(NCc1ccccc1)c1ccccc1C(=O)Nc1ccc2nc(SCc3ccc(Cl)cc3)sc2c1. The van der Waals surface area contributed by atoms with Gasteiger partial charge in [-0.25, -0.2) is 4.98 Å². The largest absolute Gasteiger partial charge is 0.348 e. The van der Waals surface area contributed by atoms with Crippen molar-refractivity contribution in [1.82, 2.24) is 10.3 Å². The quantitative estimate of drug-likeness (QED) is 0.200. The number of halogens is 1. The van der Waals surface area contributed by atoms with Gasteiger partial charge in [0.05, 0.1) is 21.3 Å². The average Bonchev–Trinajstić information content (AvgIpc) is 3.34. The van der Waals surface area contributed by atoms with E-state index in [1.54, 1.807) is 47.4 Å². The molecule has 1 aromatic heterocycles. The highest BCUT2D eigenvalue weighted by atomic mass is 35.5. The van der Waals surface area contributed by atoms with Gasteiger partial charge in [-0.05, 0) is 53.6 Å². The topological polar surface area (TPSA) is 71.1 Å². The Bertz CT molecular complexity index is 1550. The molecule has 2 N–H and O–H groups in total. The van der Waals surface area contributed by atoms with Crippen LogP contribution in [0, 0.1) is 0 Å². The Kier molecular flexibility index (Phi) is 7.84. The van der Waals surface area contributed by atoms with Crippen LogP contribution in [0.4, 0.5) is 5.69 Å². The molecule has 5 rings (SSSR count). The molecule has 184 valence electrons. The van der Waals surface area contributed by atoms with Crippen molar-refractivity contribution in [2.24, 2.45) is 0 Å². The van der Waals surface area contributed by atoms with Gasteiger partial charge in [0.1, 0.15) is 0 Å². The fraction of sp³-hybridized carbons (Fsp3) is 0.0690. The van der Waals surface area contributed by atoms with E-state index in [1.807, 2.05) is 72.8 Å². The van der Waals surface area contributed by atoms with E-state index in [4.69, 9.17) is 16.6 Å². The lowest BCUT2D eigenvalue weighted by Crippen LogP contribution is -2.26. The number of fused-ring (bicyclic) bond motifs is 1. The van der Waals surface area contributed by atoms with Gasteiger partial charge >= 0.3 is 0 Å². The fourth-order valence-corrected chi connectivity index (χ4v) is 5.91. The third-order valence-electron chi connectivity index (χ3n) is 5.61. The molecule has 0 bridgehead atoms. The molecule has 0 radical (unpaired) electrons. The normalized spacial score (nSPS) is 10.8. The highest BCUT2D eigenvalue weighted by Crippen LogP contribution is 2.33. The number of thioether (sulfide) groups is 1. The number of nitrogens with one attached hydrogen (secondary N) is 2. The molecule has 0 atom stereocenters. The predicted octanol–water partition coefficient (Wildman–Crippen LogP) is 7.42. The van der Waals surface area contributed by atoms with Gasteiger partial charge in [-0.1, -0.05) is 78.0 Å². The highest BCUT2D eigenvalue weighted by Gasteiger charge is 2.17. The summed E-state index contributed by atoms with van der Waals surface area (Å²) in [5, 5.41) is 6.55. The van der Waals surface area contributed by atoms with Crippen molar-refractivity contribution in [3.8, 4) is 0 Å². The van der Waals surface area contributed by atoms with Crippen LogP contribution in [-0.2, 0) is 12.3 Å². The molecule has 0 aliphatic rings. The fourth-order valence-electron chi connectivity index (χ4n) is 3.72. The molecule has 4 aromatic carbocycles. The van der Waals surface area contributed by atoms with Crippen molar-refractivity contribution in [2.45, 2.75) is 16.6 Å². The van der Waals surface area contributed by atoms with E-state index in [9.17, 15) is 9.59 Å². The molecule has 0 fully saturated rings. The van der Waals surface area contributed by atoms with Gasteiger partial charge in [0.25, 0.3) is 11.8 Å². The van der Waals surface area contributed by atoms with E-state index in [0.29, 0.717) is 23.4 Å². The summed E-state index contributed by atoms with van der Waals surface area (Å²) in [5.74, 6) is 0.158. The van der Waals surface area contributed by atoms with Gasteiger partial charge in [0, 0.05) is 23.0 Å². The summed E-state index contributed by atoms with van der Waals surface area (Å²) in [6, 6.07) is 29.9. The number of amides is 2. The number of benzene rings is 4. The Morgan fingerprint density at radius 3 is 2.27 bits per heavy atom. The van der Waals surface area contributed by atoms with Crippen LogP contribution in [0.3, 0.4) is 0 Å². The third-order valence-corrected chi connectivity index (χ3v) is 8.10. The Hall–Kier alpha value is -3.65. The first kappa shape index (κ1) is 25.0. The molecular formula is C29H22ClN3O2S2. The summed E-state index contributed by atoms with van der Waals surface area (Å²) in [6.07, 6.45) is 0. The van der Waals surface area contributed by atoms with Gasteiger partial charge in [-0.3, -0.25) is 9.59 Å². The Morgan fingerprint density at radius 2 is 1.51 bits per heavy atom. The zero-order valence-corrected chi connectivity index (χ0v) is 22.0. The van der Waals surface area contributed by atoms with Gasteiger partial charge < -0.3 is 10.6 Å². The van der Waals surface area contributed by atoms with Crippen LogP contribution >= 0.6 is 34.7 Å². The summed E-state index contributed by atoms with van der Waals surface area (Å²) < 4.78 is 1.93. The van der Waals surface area contributed by atoms with Crippen molar-refractivity contribution in [2.75, 3.05) is 5.32 Å².